The number of aromatic nitrogens is 1. The Labute approximate surface area is 100 Å². The minimum Gasteiger partial charge on any atom is -0.346 e. The van der Waals surface area contributed by atoms with Crippen molar-refractivity contribution in [2.45, 2.75) is 46.6 Å². The SMILES string of the molecule is CCCn1c(C)c(C#N)c(Br)c1C(C)C. The van der Waals surface area contributed by atoms with E-state index in [-0.39, 0.29) is 0 Å². The lowest BCUT2D eigenvalue weighted by Crippen LogP contribution is -2.06. The largest absolute Gasteiger partial charge is 0.346 e. The number of rotatable bonds is 3. The van der Waals surface area contributed by atoms with Crippen molar-refractivity contribution in [1.82, 2.24) is 4.57 Å². The van der Waals surface area contributed by atoms with Gasteiger partial charge in [0.25, 0.3) is 0 Å². The van der Waals surface area contributed by atoms with Gasteiger partial charge >= 0.3 is 0 Å². The molecule has 0 bridgehead atoms. The summed E-state index contributed by atoms with van der Waals surface area (Å²) in [5.41, 5.74) is 3.10. The zero-order valence-electron chi connectivity index (χ0n) is 9.76. The van der Waals surface area contributed by atoms with E-state index < -0.39 is 0 Å². The lowest BCUT2D eigenvalue weighted by atomic mass is 10.1. The van der Waals surface area contributed by atoms with Crippen molar-refractivity contribution in [3.05, 3.63) is 21.4 Å². The van der Waals surface area contributed by atoms with E-state index in [1.54, 1.807) is 0 Å². The van der Waals surface area contributed by atoms with Gasteiger partial charge in [0, 0.05) is 17.9 Å². The molecule has 0 aliphatic rings. The number of halogens is 1. The molecule has 82 valence electrons. The number of nitriles is 1. The standard InChI is InChI=1S/C12H17BrN2/c1-5-6-15-9(4)10(7-14)11(13)12(15)8(2)3/h8H,5-6H2,1-4H3. The van der Waals surface area contributed by atoms with Crippen LogP contribution in [0.3, 0.4) is 0 Å². The maximum absolute atomic E-state index is 9.09. The molecule has 1 aromatic heterocycles. The molecule has 0 aliphatic heterocycles. The topological polar surface area (TPSA) is 28.7 Å². The van der Waals surface area contributed by atoms with Crippen molar-refractivity contribution >= 4 is 15.9 Å². The van der Waals surface area contributed by atoms with Crippen molar-refractivity contribution in [3.8, 4) is 6.07 Å². The van der Waals surface area contributed by atoms with Gasteiger partial charge in [0.1, 0.15) is 6.07 Å². The Morgan fingerprint density at radius 2 is 2.07 bits per heavy atom. The van der Waals surface area contributed by atoms with E-state index in [4.69, 9.17) is 5.26 Å². The number of nitrogens with zero attached hydrogens (tertiary/aromatic N) is 2. The minimum absolute atomic E-state index is 0.437. The lowest BCUT2D eigenvalue weighted by molar-refractivity contribution is 0.609. The van der Waals surface area contributed by atoms with Crippen LogP contribution in [0.2, 0.25) is 0 Å². The van der Waals surface area contributed by atoms with Gasteiger partial charge in [-0.3, -0.25) is 0 Å². The van der Waals surface area contributed by atoms with Gasteiger partial charge in [-0.1, -0.05) is 20.8 Å². The van der Waals surface area contributed by atoms with E-state index in [2.05, 4.69) is 47.3 Å². The van der Waals surface area contributed by atoms with Crippen molar-refractivity contribution in [2.75, 3.05) is 0 Å². The quantitative estimate of drug-likeness (QED) is 0.816. The molecule has 0 atom stereocenters. The fourth-order valence-electron chi connectivity index (χ4n) is 1.93. The Morgan fingerprint density at radius 3 is 2.47 bits per heavy atom. The molecular formula is C12H17BrN2. The summed E-state index contributed by atoms with van der Waals surface area (Å²) < 4.78 is 3.23. The zero-order valence-corrected chi connectivity index (χ0v) is 11.3. The van der Waals surface area contributed by atoms with Crippen molar-refractivity contribution in [1.29, 1.82) is 5.26 Å². The number of hydrogen-bond acceptors (Lipinski definition) is 1. The Kier molecular flexibility index (Phi) is 3.98. The van der Waals surface area contributed by atoms with Crippen LogP contribution < -0.4 is 0 Å². The summed E-state index contributed by atoms with van der Waals surface area (Å²) in [7, 11) is 0. The minimum atomic E-state index is 0.437. The van der Waals surface area contributed by atoms with Crippen LogP contribution in [0, 0.1) is 18.3 Å². The zero-order chi connectivity index (χ0) is 11.6. The second kappa shape index (κ2) is 4.85. The van der Waals surface area contributed by atoms with Gasteiger partial charge in [-0.15, -0.1) is 0 Å². The summed E-state index contributed by atoms with van der Waals surface area (Å²) in [6.45, 7) is 9.48. The summed E-state index contributed by atoms with van der Waals surface area (Å²) in [6, 6.07) is 2.27. The van der Waals surface area contributed by atoms with Crippen molar-refractivity contribution < 1.29 is 0 Å². The first kappa shape index (κ1) is 12.3. The monoisotopic (exact) mass is 268 g/mol. The van der Waals surface area contributed by atoms with Gasteiger partial charge in [0.05, 0.1) is 10.0 Å². The lowest BCUT2D eigenvalue weighted by Gasteiger charge is -2.13. The van der Waals surface area contributed by atoms with Crippen LogP contribution in [-0.4, -0.2) is 4.57 Å². The van der Waals surface area contributed by atoms with Crippen LogP contribution in [0.4, 0.5) is 0 Å². The smallest absolute Gasteiger partial charge is 0.102 e. The maximum atomic E-state index is 9.09. The van der Waals surface area contributed by atoms with Crippen LogP contribution in [0.15, 0.2) is 4.47 Å². The normalized spacial score (nSPS) is 10.7. The molecule has 0 unspecified atom stereocenters. The Hall–Kier alpha value is -0.750. The van der Waals surface area contributed by atoms with Crippen molar-refractivity contribution in [2.24, 2.45) is 0 Å². The van der Waals surface area contributed by atoms with E-state index in [9.17, 15) is 0 Å². The van der Waals surface area contributed by atoms with Crippen LogP contribution in [-0.2, 0) is 6.54 Å². The molecule has 0 spiro atoms. The third-order valence-corrected chi connectivity index (χ3v) is 3.41. The first-order valence-corrected chi connectivity index (χ1v) is 6.12. The van der Waals surface area contributed by atoms with Gasteiger partial charge < -0.3 is 4.57 Å². The molecule has 1 heterocycles. The summed E-state index contributed by atoms with van der Waals surface area (Å²) in [4.78, 5) is 0. The van der Waals surface area contributed by atoms with E-state index in [0.29, 0.717) is 5.92 Å². The molecular weight excluding hydrogens is 252 g/mol. The van der Waals surface area contributed by atoms with Crippen LogP contribution in [0.1, 0.15) is 50.1 Å². The van der Waals surface area contributed by atoms with Gasteiger partial charge in [0.15, 0.2) is 0 Å². The summed E-state index contributed by atoms with van der Waals surface area (Å²) >= 11 is 3.54. The second-order valence-corrected chi connectivity index (χ2v) is 4.87. The van der Waals surface area contributed by atoms with E-state index in [1.165, 1.54) is 5.69 Å². The Balaban J connectivity index is 3.41. The molecule has 0 aliphatic carbocycles. The molecule has 0 saturated heterocycles. The first-order chi connectivity index (χ1) is 7.04. The molecule has 0 N–H and O–H groups in total. The van der Waals surface area contributed by atoms with Crippen molar-refractivity contribution in [3.63, 3.8) is 0 Å². The Bertz CT molecular complexity index is 397. The second-order valence-electron chi connectivity index (χ2n) is 4.08. The molecule has 15 heavy (non-hydrogen) atoms. The summed E-state index contributed by atoms with van der Waals surface area (Å²) in [6.07, 6.45) is 1.09. The molecule has 3 heteroatoms. The van der Waals surface area contributed by atoms with Crippen LogP contribution in [0.5, 0.6) is 0 Å². The van der Waals surface area contributed by atoms with Gasteiger partial charge in [-0.05, 0) is 35.2 Å². The van der Waals surface area contributed by atoms with E-state index in [0.717, 1.165) is 28.7 Å². The summed E-state index contributed by atoms with van der Waals surface area (Å²) in [5, 5.41) is 9.09. The van der Waals surface area contributed by atoms with Crippen LogP contribution in [0.25, 0.3) is 0 Å². The highest BCUT2D eigenvalue weighted by atomic mass is 79.9. The third kappa shape index (κ3) is 2.10. The van der Waals surface area contributed by atoms with E-state index in [1.807, 2.05) is 6.92 Å². The van der Waals surface area contributed by atoms with Crippen LogP contribution >= 0.6 is 15.9 Å². The maximum Gasteiger partial charge on any atom is 0.102 e. The molecule has 0 fully saturated rings. The number of hydrogen-bond donors (Lipinski definition) is 0. The molecule has 1 aromatic rings. The molecule has 0 aromatic carbocycles. The van der Waals surface area contributed by atoms with Gasteiger partial charge in [-0.25, -0.2) is 0 Å². The Morgan fingerprint density at radius 1 is 1.47 bits per heavy atom. The fraction of sp³-hybridized carbons (Fsp3) is 0.583. The molecule has 1 rings (SSSR count). The highest BCUT2D eigenvalue weighted by Crippen LogP contribution is 2.32. The average molecular weight is 269 g/mol. The fourth-order valence-corrected chi connectivity index (χ4v) is 2.98. The first-order valence-electron chi connectivity index (χ1n) is 5.33. The predicted octanol–water partition coefficient (Wildman–Crippen LogP) is 3.96. The molecule has 0 saturated carbocycles. The molecule has 0 radical (unpaired) electrons. The van der Waals surface area contributed by atoms with Gasteiger partial charge in [-0.2, -0.15) is 5.26 Å². The highest BCUT2D eigenvalue weighted by Gasteiger charge is 2.19. The molecule has 0 amide bonds. The average Bonchev–Trinajstić information content (AvgIpc) is 2.39. The van der Waals surface area contributed by atoms with Gasteiger partial charge in [0.2, 0.25) is 0 Å². The summed E-state index contributed by atoms with van der Waals surface area (Å²) in [5.74, 6) is 0.437. The highest BCUT2D eigenvalue weighted by molar-refractivity contribution is 9.10. The third-order valence-electron chi connectivity index (χ3n) is 2.61. The van der Waals surface area contributed by atoms with E-state index >= 15 is 0 Å². The predicted molar refractivity (Wildman–Crippen MR) is 66.0 cm³/mol. The molecule has 2 nitrogen and oxygen atoms in total.